The minimum atomic E-state index is -0.430. The molecule has 0 unspecified atom stereocenters. The molecule has 5 nitrogen and oxygen atoms in total. The molecule has 1 aromatic rings. The van der Waals surface area contributed by atoms with Crippen LogP contribution < -0.4 is 5.48 Å². The lowest BCUT2D eigenvalue weighted by Crippen LogP contribution is -2.10. The molecule has 0 fully saturated rings. The smallest absolute Gasteiger partial charge is 0.283 e. The normalized spacial score (nSPS) is 10.1. The summed E-state index contributed by atoms with van der Waals surface area (Å²) in [6, 6.07) is 4.92. The van der Waals surface area contributed by atoms with Gasteiger partial charge in [0, 0.05) is 12.6 Å². The fourth-order valence-corrected chi connectivity index (χ4v) is 1.36. The summed E-state index contributed by atoms with van der Waals surface area (Å²) in [5, 5.41) is 10.6. The zero-order valence-corrected chi connectivity index (χ0v) is 9.08. The van der Waals surface area contributed by atoms with E-state index in [2.05, 4.69) is 26.2 Å². The van der Waals surface area contributed by atoms with Gasteiger partial charge in [-0.2, -0.15) is 5.48 Å². The lowest BCUT2D eigenvalue weighted by atomic mass is 10.2. The Labute approximate surface area is 89.3 Å². The van der Waals surface area contributed by atoms with Gasteiger partial charge < -0.3 is 4.84 Å². The van der Waals surface area contributed by atoms with Crippen molar-refractivity contribution in [3.05, 3.63) is 38.3 Å². The number of hydrogen-bond donors (Lipinski definition) is 1. The van der Waals surface area contributed by atoms with E-state index < -0.39 is 4.92 Å². The molecule has 0 aliphatic carbocycles. The van der Waals surface area contributed by atoms with E-state index in [4.69, 9.17) is 0 Å². The Balaban J connectivity index is 2.89. The highest BCUT2D eigenvalue weighted by atomic mass is 79.9. The van der Waals surface area contributed by atoms with Crippen LogP contribution in [0.25, 0.3) is 0 Å². The zero-order chi connectivity index (χ0) is 10.6. The maximum atomic E-state index is 10.6. The van der Waals surface area contributed by atoms with Crippen molar-refractivity contribution in [1.29, 1.82) is 0 Å². The minimum absolute atomic E-state index is 0.0559. The first kappa shape index (κ1) is 11.1. The molecule has 0 aromatic heterocycles. The maximum absolute atomic E-state index is 10.6. The number of benzene rings is 1. The number of nitro benzene ring substituents is 1. The molecule has 1 N–H and O–H groups in total. The van der Waals surface area contributed by atoms with Crippen molar-refractivity contribution in [2.75, 3.05) is 7.11 Å². The van der Waals surface area contributed by atoms with Gasteiger partial charge in [0.15, 0.2) is 0 Å². The number of halogens is 1. The van der Waals surface area contributed by atoms with Crippen molar-refractivity contribution < 1.29 is 9.76 Å². The minimum Gasteiger partial charge on any atom is -0.305 e. The molecule has 1 aromatic carbocycles. The summed E-state index contributed by atoms with van der Waals surface area (Å²) in [4.78, 5) is 14.8. The first-order valence-corrected chi connectivity index (χ1v) is 4.63. The van der Waals surface area contributed by atoms with Gasteiger partial charge in [0.1, 0.15) is 0 Å². The lowest BCUT2D eigenvalue weighted by molar-refractivity contribution is -0.385. The zero-order valence-electron chi connectivity index (χ0n) is 7.49. The van der Waals surface area contributed by atoms with Crippen LogP contribution in [-0.4, -0.2) is 12.0 Å². The Hall–Kier alpha value is -0.980. The molecular formula is C8H9BrN2O3. The fourth-order valence-electron chi connectivity index (χ4n) is 0.964. The van der Waals surface area contributed by atoms with Crippen LogP contribution in [0.1, 0.15) is 5.56 Å². The van der Waals surface area contributed by atoms with Crippen molar-refractivity contribution in [2.24, 2.45) is 0 Å². The Morgan fingerprint density at radius 1 is 1.64 bits per heavy atom. The first-order chi connectivity index (χ1) is 6.65. The van der Waals surface area contributed by atoms with Crippen LogP contribution in [0.2, 0.25) is 0 Å². The summed E-state index contributed by atoms with van der Waals surface area (Å²) in [7, 11) is 1.49. The average molecular weight is 261 g/mol. The van der Waals surface area contributed by atoms with Gasteiger partial charge in [-0.1, -0.05) is 6.07 Å². The van der Waals surface area contributed by atoms with E-state index in [0.29, 0.717) is 11.0 Å². The predicted molar refractivity (Wildman–Crippen MR) is 54.6 cm³/mol. The summed E-state index contributed by atoms with van der Waals surface area (Å²) in [6.45, 7) is 0.435. The van der Waals surface area contributed by atoms with E-state index in [0.717, 1.165) is 5.56 Å². The fraction of sp³-hybridized carbons (Fsp3) is 0.250. The van der Waals surface area contributed by atoms with E-state index in [1.54, 1.807) is 12.1 Å². The van der Waals surface area contributed by atoms with Crippen LogP contribution in [-0.2, 0) is 11.4 Å². The molecule has 0 saturated carbocycles. The van der Waals surface area contributed by atoms with Crippen molar-refractivity contribution >= 4 is 21.6 Å². The van der Waals surface area contributed by atoms with E-state index in [-0.39, 0.29) is 5.69 Å². The van der Waals surface area contributed by atoms with Crippen molar-refractivity contribution in [2.45, 2.75) is 6.54 Å². The Morgan fingerprint density at radius 3 is 2.93 bits per heavy atom. The number of nitro groups is 1. The largest absolute Gasteiger partial charge is 0.305 e. The Kier molecular flexibility index (Phi) is 3.99. The van der Waals surface area contributed by atoms with Crippen LogP contribution in [0.5, 0.6) is 0 Å². The molecule has 0 saturated heterocycles. The Morgan fingerprint density at radius 2 is 2.36 bits per heavy atom. The third-order valence-corrected chi connectivity index (χ3v) is 2.30. The molecule has 0 spiro atoms. The van der Waals surface area contributed by atoms with E-state index in [9.17, 15) is 10.1 Å². The highest BCUT2D eigenvalue weighted by Crippen LogP contribution is 2.25. The van der Waals surface area contributed by atoms with Gasteiger partial charge in [-0.3, -0.25) is 10.1 Å². The quantitative estimate of drug-likeness (QED) is 0.665. The summed E-state index contributed by atoms with van der Waals surface area (Å²) in [6.07, 6.45) is 0. The first-order valence-electron chi connectivity index (χ1n) is 3.84. The van der Waals surface area contributed by atoms with E-state index >= 15 is 0 Å². The molecular weight excluding hydrogens is 252 g/mol. The molecule has 76 valence electrons. The van der Waals surface area contributed by atoms with Gasteiger partial charge in [0.25, 0.3) is 5.69 Å². The second-order valence-electron chi connectivity index (χ2n) is 2.57. The molecule has 1 rings (SSSR count). The van der Waals surface area contributed by atoms with Gasteiger partial charge in [0.2, 0.25) is 0 Å². The summed E-state index contributed by atoms with van der Waals surface area (Å²) in [5.74, 6) is 0. The molecule has 0 atom stereocenters. The standard InChI is InChI=1S/C8H9BrN2O3/c1-14-10-5-6-2-3-7(9)8(4-6)11(12)13/h2-4,10H,5H2,1H3. The number of nitrogens with one attached hydrogen (secondary N) is 1. The van der Waals surface area contributed by atoms with E-state index in [1.807, 2.05) is 0 Å². The summed E-state index contributed by atoms with van der Waals surface area (Å²) in [5.41, 5.74) is 3.46. The average Bonchev–Trinajstić information content (AvgIpc) is 2.16. The van der Waals surface area contributed by atoms with Crippen LogP contribution in [0, 0.1) is 10.1 Å². The number of rotatable bonds is 4. The number of hydroxylamine groups is 1. The van der Waals surface area contributed by atoms with Crippen LogP contribution in [0.3, 0.4) is 0 Å². The molecule has 0 radical (unpaired) electrons. The van der Waals surface area contributed by atoms with Gasteiger partial charge in [-0.15, -0.1) is 0 Å². The summed E-state index contributed by atoms with van der Waals surface area (Å²) < 4.78 is 0.476. The van der Waals surface area contributed by atoms with Crippen molar-refractivity contribution in [3.63, 3.8) is 0 Å². The van der Waals surface area contributed by atoms with Gasteiger partial charge in [-0.05, 0) is 27.6 Å². The van der Waals surface area contributed by atoms with Gasteiger partial charge in [-0.25, -0.2) is 0 Å². The van der Waals surface area contributed by atoms with Crippen molar-refractivity contribution in [3.8, 4) is 0 Å². The molecule has 6 heteroatoms. The second kappa shape index (κ2) is 5.04. The predicted octanol–water partition coefficient (Wildman–Crippen LogP) is 2.01. The lowest BCUT2D eigenvalue weighted by Gasteiger charge is -2.02. The second-order valence-corrected chi connectivity index (χ2v) is 3.42. The van der Waals surface area contributed by atoms with Crippen LogP contribution in [0.4, 0.5) is 5.69 Å². The topological polar surface area (TPSA) is 64.4 Å². The van der Waals surface area contributed by atoms with Crippen molar-refractivity contribution in [1.82, 2.24) is 5.48 Å². The molecule has 0 heterocycles. The van der Waals surface area contributed by atoms with Crippen LogP contribution in [0.15, 0.2) is 22.7 Å². The van der Waals surface area contributed by atoms with E-state index in [1.165, 1.54) is 13.2 Å². The molecule has 14 heavy (non-hydrogen) atoms. The SMILES string of the molecule is CONCc1ccc(Br)c([N+](=O)[O-])c1. The highest BCUT2D eigenvalue weighted by molar-refractivity contribution is 9.10. The third kappa shape index (κ3) is 2.76. The van der Waals surface area contributed by atoms with Gasteiger partial charge in [0.05, 0.1) is 16.5 Å². The third-order valence-electron chi connectivity index (χ3n) is 1.63. The maximum Gasteiger partial charge on any atom is 0.283 e. The monoisotopic (exact) mass is 260 g/mol. The molecule has 0 amide bonds. The van der Waals surface area contributed by atoms with Crippen LogP contribution >= 0.6 is 15.9 Å². The summed E-state index contributed by atoms with van der Waals surface area (Å²) >= 11 is 3.11. The molecule has 0 bridgehead atoms. The molecule has 0 aliphatic rings. The molecule has 0 aliphatic heterocycles. The number of nitrogens with zero attached hydrogens (tertiary/aromatic N) is 1. The Bertz CT molecular complexity index is 343. The number of hydrogen-bond acceptors (Lipinski definition) is 4. The highest BCUT2D eigenvalue weighted by Gasteiger charge is 2.11. The van der Waals surface area contributed by atoms with Gasteiger partial charge >= 0.3 is 0 Å².